The normalized spacial score (nSPS) is 14.1. The van der Waals surface area contributed by atoms with Crippen LogP contribution in [0.2, 0.25) is 5.02 Å². The van der Waals surface area contributed by atoms with Gasteiger partial charge in [-0.2, -0.15) is 27.1 Å². The molecule has 0 unspecified atom stereocenters. The number of hydrogen-bond acceptors (Lipinski definition) is 4. The van der Waals surface area contributed by atoms with Crippen LogP contribution in [0.1, 0.15) is 28.8 Å². The van der Waals surface area contributed by atoms with Gasteiger partial charge in [-0.25, -0.2) is 9.36 Å². The Morgan fingerprint density at radius 3 is 2.62 bits per heavy atom. The number of nitrogens with zero attached hydrogens (tertiary/aromatic N) is 4. The summed E-state index contributed by atoms with van der Waals surface area (Å²) in [5.74, 6) is -2.22. The van der Waals surface area contributed by atoms with Gasteiger partial charge >= 0.3 is 12.8 Å². The number of hydrogen-bond donors (Lipinski definition) is 1. The Bertz CT molecular complexity index is 1170. The third-order valence-corrected chi connectivity index (χ3v) is 5.06. The molecule has 1 amide bonds. The molecule has 3 aromatic rings. The summed E-state index contributed by atoms with van der Waals surface area (Å²) in [7, 11) is 1.15. The van der Waals surface area contributed by atoms with Gasteiger partial charge in [0.1, 0.15) is 0 Å². The quantitative estimate of drug-likeness (QED) is 0.535. The molecule has 4 rings (SSSR count). The van der Waals surface area contributed by atoms with Crippen LogP contribution in [0.3, 0.4) is 0 Å². The molecule has 1 aliphatic rings. The maximum absolute atomic E-state index is 13.6. The number of aryl methyl sites for hydroxylation is 1. The Labute approximate surface area is 182 Å². The average Bonchev–Trinajstić information content (AvgIpc) is 3.25. The summed E-state index contributed by atoms with van der Waals surface area (Å²) in [6.45, 7) is -3.48. The van der Waals surface area contributed by atoms with Gasteiger partial charge in [0.25, 0.3) is 11.8 Å². The van der Waals surface area contributed by atoms with Crippen molar-refractivity contribution in [2.45, 2.75) is 31.7 Å². The Morgan fingerprint density at radius 2 is 2.00 bits per heavy atom. The maximum atomic E-state index is 13.6. The molecule has 13 heteroatoms. The third-order valence-electron chi connectivity index (χ3n) is 4.73. The van der Waals surface area contributed by atoms with E-state index in [9.17, 15) is 26.7 Å². The van der Waals surface area contributed by atoms with Crippen molar-refractivity contribution in [3.8, 4) is 22.8 Å². The zero-order valence-electron chi connectivity index (χ0n) is 16.3. The minimum atomic E-state index is -5.03. The summed E-state index contributed by atoms with van der Waals surface area (Å²) in [5, 5.41) is 10.4. The summed E-state index contributed by atoms with van der Waals surface area (Å²) >= 11 is 6.13. The van der Waals surface area contributed by atoms with Crippen molar-refractivity contribution in [3.63, 3.8) is 0 Å². The molecule has 7 nitrogen and oxygen atoms in total. The highest BCUT2D eigenvalue weighted by molar-refractivity contribution is 6.34. The van der Waals surface area contributed by atoms with Crippen molar-refractivity contribution in [1.82, 2.24) is 24.9 Å². The lowest BCUT2D eigenvalue weighted by Gasteiger charge is -2.10. The number of ether oxygens (including phenoxy) is 1. The van der Waals surface area contributed by atoms with Crippen LogP contribution in [-0.2, 0) is 13.2 Å². The average molecular weight is 476 g/mol. The fourth-order valence-corrected chi connectivity index (χ4v) is 3.33. The van der Waals surface area contributed by atoms with E-state index >= 15 is 0 Å². The highest BCUT2D eigenvalue weighted by Gasteiger charge is 2.42. The number of carbonyl (C=O) groups is 1. The number of benzene rings is 1. The summed E-state index contributed by atoms with van der Waals surface area (Å²) < 4.78 is 71.5. The summed E-state index contributed by atoms with van der Waals surface area (Å²) in [6.07, 6.45) is -0.732. The highest BCUT2D eigenvalue weighted by Crippen LogP contribution is 2.40. The van der Waals surface area contributed by atoms with E-state index in [-0.39, 0.29) is 22.5 Å². The molecule has 0 spiro atoms. The molecule has 0 radical (unpaired) electrons. The molecular formula is C19H15ClF5N5O2. The molecule has 0 bridgehead atoms. The third kappa shape index (κ3) is 4.40. The highest BCUT2D eigenvalue weighted by atomic mass is 35.5. The van der Waals surface area contributed by atoms with E-state index in [4.69, 9.17) is 11.6 Å². The summed E-state index contributed by atoms with van der Waals surface area (Å²) in [4.78, 5) is 12.4. The number of alkyl halides is 5. The Balaban J connectivity index is 1.72. The van der Waals surface area contributed by atoms with Crippen molar-refractivity contribution >= 4 is 17.5 Å². The van der Waals surface area contributed by atoms with E-state index in [1.807, 2.05) is 0 Å². The second-order valence-electron chi connectivity index (χ2n) is 7.12. The lowest BCUT2D eigenvalue weighted by molar-refractivity contribution is -0.141. The largest absolute Gasteiger partial charge is 0.425 e. The first-order valence-corrected chi connectivity index (χ1v) is 9.67. The van der Waals surface area contributed by atoms with Gasteiger partial charge in [0.05, 0.1) is 16.8 Å². The Hall–Kier alpha value is -3.15. The lowest BCUT2D eigenvalue weighted by Crippen LogP contribution is -2.25. The minimum Gasteiger partial charge on any atom is -0.415 e. The van der Waals surface area contributed by atoms with Crippen molar-refractivity contribution in [2.24, 2.45) is 7.05 Å². The molecule has 1 aromatic carbocycles. The van der Waals surface area contributed by atoms with E-state index in [0.717, 1.165) is 29.3 Å². The Morgan fingerprint density at radius 1 is 1.28 bits per heavy atom. The predicted molar refractivity (Wildman–Crippen MR) is 103 cm³/mol. The molecule has 32 heavy (non-hydrogen) atoms. The summed E-state index contributed by atoms with van der Waals surface area (Å²) in [5.41, 5.74) is -0.433. The van der Waals surface area contributed by atoms with Crippen molar-refractivity contribution in [1.29, 1.82) is 0 Å². The van der Waals surface area contributed by atoms with Gasteiger partial charge in [0.15, 0.2) is 11.4 Å². The smallest absolute Gasteiger partial charge is 0.415 e. The van der Waals surface area contributed by atoms with Crippen LogP contribution in [0, 0.1) is 0 Å². The van der Waals surface area contributed by atoms with E-state index in [0.29, 0.717) is 11.1 Å². The molecule has 2 aromatic heterocycles. The number of nitrogens with one attached hydrogen (secondary N) is 1. The zero-order chi connectivity index (χ0) is 23.2. The predicted octanol–water partition coefficient (Wildman–Crippen LogP) is 4.44. The molecule has 2 heterocycles. The molecule has 0 atom stereocenters. The number of amides is 1. The monoisotopic (exact) mass is 475 g/mol. The summed E-state index contributed by atoms with van der Waals surface area (Å²) in [6, 6.07) is 4.69. The van der Waals surface area contributed by atoms with Crippen LogP contribution in [0.4, 0.5) is 22.0 Å². The van der Waals surface area contributed by atoms with E-state index in [1.54, 1.807) is 6.07 Å². The Kier molecular flexibility index (Phi) is 5.57. The van der Waals surface area contributed by atoms with Gasteiger partial charge in [-0.1, -0.05) is 17.7 Å². The first-order chi connectivity index (χ1) is 15.0. The fourth-order valence-electron chi connectivity index (χ4n) is 3.13. The molecule has 1 saturated carbocycles. The fraction of sp³-hybridized carbons (Fsp3) is 0.316. The SMILES string of the molecule is Cn1nc(OC(F)F)c(C(F)(F)F)c1-n1cc(-c2ccc(Cl)c(C(=O)NC3CC3)c2)cn1. The van der Waals surface area contributed by atoms with Gasteiger partial charge < -0.3 is 10.1 Å². The standard InChI is InChI=1S/C19H15ClF5N5O2/c1-29-17(14(19(23,24)25)16(28-29)32-18(21)22)30-8-10(7-26-30)9-2-5-13(20)12(6-9)15(31)27-11-3-4-11/h2,5-8,11,18H,3-4H2,1H3,(H,27,31). The molecule has 1 fully saturated rings. The van der Waals surface area contributed by atoms with Crippen LogP contribution < -0.4 is 10.1 Å². The molecule has 170 valence electrons. The minimum absolute atomic E-state index is 0.111. The van der Waals surface area contributed by atoms with Gasteiger partial charge in [0.2, 0.25) is 0 Å². The first kappa shape index (κ1) is 22.1. The van der Waals surface area contributed by atoms with Crippen LogP contribution >= 0.6 is 11.6 Å². The molecule has 1 N–H and O–H groups in total. The number of rotatable bonds is 6. The molecule has 0 saturated heterocycles. The molecule has 1 aliphatic carbocycles. The van der Waals surface area contributed by atoms with E-state index in [1.165, 1.54) is 24.5 Å². The van der Waals surface area contributed by atoms with Crippen LogP contribution in [0.25, 0.3) is 16.9 Å². The number of aromatic nitrogens is 4. The number of halogens is 6. The van der Waals surface area contributed by atoms with Crippen molar-refractivity contribution < 1.29 is 31.5 Å². The lowest BCUT2D eigenvalue weighted by atomic mass is 10.1. The first-order valence-electron chi connectivity index (χ1n) is 9.29. The topological polar surface area (TPSA) is 74.0 Å². The second kappa shape index (κ2) is 8.08. The van der Waals surface area contributed by atoms with Gasteiger partial charge in [-0.05, 0) is 30.5 Å². The van der Waals surface area contributed by atoms with E-state index in [2.05, 4.69) is 20.3 Å². The van der Waals surface area contributed by atoms with Crippen LogP contribution in [0.15, 0.2) is 30.6 Å². The molecule has 0 aliphatic heterocycles. The second-order valence-corrected chi connectivity index (χ2v) is 7.53. The van der Waals surface area contributed by atoms with Gasteiger partial charge in [-0.3, -0.25) is 4.79 Å². The van der Waals surface area contributed by atoms with Crippen LogP contribution in [-0.4, -0.2) is 38.1 Å². The maximum Gasteiger partial charge on any atom is 0.425 e. The van der Waals surface area contributed by atoms with E-state index < -0.39 is 30.0 Å². The zero-order valence-corrected chi connectivity index (χ0v) is 17.1. The number of carbonyl (C=O) groups excluding carboxylic acids is 1. The van der Waals surface area contributed by atoms with Crippen molar-refractivity contribution in [2.75, 3.05) is 0 Å². The van der Waals surface area contributed by atoms with Gasteiger partial charge in [0, 0.05) is 24.8 Å². The van der Waals surface area contributed by atoms with Crippen LogP contribution in [0.5, 0.6) is 5.88 Å². The molecular weight excluding hydrogens is 461 g/mol. The van der Waals surface area contributed by atoms with Gasteiger partial charge in [-0.15, -0.1) is 5.10 Å². The van der Waals surface area contributed by atoms with Crippen molar-refractivity contribution in [3.05, 3.63) is 46.7 Å².